The minimum Gasteiger partial charge on any atom is -0.302 e. The number of rotatable bonds is 5. The van der Waals surface area contributed by atoms with Gasteiger partial charge in [-0.3, -0.25) is 4.79 Å². The van der Waals surface area contributed by atoms with Crippen LogP contribution in [-0.2, 0) is 11.2 Å². The zero-order chi connectivity index (χ0) is 18.6. The van der Waals surface area contributed by atoms with E-state index in [0.717, 1.165) is 27.5 Å². The fourth-order valence-corrected chi connectivity index (χ4v) is 4.20. The van der Waals surface area contributed by atoms with Crippen molar-refractivity contribution in [1.29, 1.82) is 0 Å². The van der Waals surface area contributed by atoms with Gasteiger partial charge in [0.2, 0.25) is 5.91 Å². The third kappa shape index (κ3) is 4.42. The second kappa shape index (κ2) is 8.00. The Hall–Kier alpha value is -2.54. The average molecular weight is 412 g/mol. The molecule has 0 saturated carbocycles. The van der Waals surface area contributed by atoms with Gasteiger partial charge in [-0.05, 0) is 12.1 Å². The van der Waals surface area contributed by atoms with Crippen LogP contribution in [0.4, 0.5) is 5.13 Å². The molecule has 4 nitrogen and oxygen atoms in total. The van der Waals surface area contributed by atoms with Crippen molar-refractivity contribution >= 4 is 45.3 Å². The first-order valence-corrected chi connectivity index (χ1v) is 10.3. The summed E-state index contributed by atoms with van der Waals surface area (Å²) in [5.74, 6) is -0.128. The van der Waals surface area contributed by atoms with Crippen LogP contribution < -0.4 is 5.32 Å². The lowest BCUT2D eigenvalue weighted by molar-refractivity contribution is -0.115. The van der Waals surface area contributed by atoms with E-state index in [2.05, 4.69) is 15.3 Å². The van der Waals surface area contributed by atoms with E-state index in [1.54, 1.807) is 0 Å². The van der Waals surface area contributed by atoms with Crippen molar-refractivity contribution in [3.8, 4) is 21.8 Å². The largest absolute Gasteiger partial charge is 0.302 e. The van der Waals surface area contributed by atoms with Crippen LogP contribution in [0.15, 0.2) is 65.4 Å². The molecule has 0 atom stereocenters. The van der Waals surface area contributed by atoms with E-state index in [9.17, 15) is 4.79 Å². The van der Waals surface area contributed by atoms with Gasteiger partial charge in [0, 0.05) is 26.9 Å². The molecule has 0 aliphatic heterocycles. The Labute approximate surface area is 169 Å². The number of carbonyl (C=O) groups excluding carboxylic acids is 1. The summed E-state index contributed by atoms with van der Waals surface area (Å²) in [6.07, 6.45) is 0.221. The van der Waals surface area contributed by atoms with Crippen molar-refractivity contribution in [1.82, 2.24) is 9.97 Å². The highest BCUT2D eigenvalue weighted by Gasteiger charge is 2.11. The van der Waals surface area contributed by atoms with Crippen LogP contribution in [0.2, 0.25) is 5.02 Å². The van der Waals surface area contributed by atoms with Crippen LogP contribution in [0, 0.1) is 0 Å². The van der Waals surface area contributed by atoms with E-state index in [4.69, 9.17) is 11.6 Å². The van der Waals surface area contributed by atoms with Gasteiger partial charge in [-0.2, -0.15) is 0 Å². The third-order valence-electron chi connectivity index (χ3n) is 3.80. The molecule has 134 valence electrons. The topological polar surface area (TPSA) is 54.9 Å². The normalized spacial score (nSPS) is 10.7. The molecule has 0 radical (unpaired) electrons. The molecule has 0 saturated heterocycles. The van der Waals surface area contributed by atoms with Crippen molar-refractivity contribution in [2.24, 2.45) is 0 Å². The van der Waals surface area contributed by atoms with Crippen LogP contribution in [0.25, 0.3) is 21.8 Å². The number of halogens is 1. The van der Waals surface area contributed by atoms with Crippen LogP contribution >= 0.6 is 34.3 Å². The highest BCUT2D eigenvalue weighted by Crippen LogP contribution is 2.27. The third-order valence-corrected chi connectivity index (χ3v) is 5.75. The number of hydrogen-bond donors (Lipinski definition) is 1. The lowest BCUT2D eigenvalue weighted by Gasteiger charge is -2.00. The summed E-state index contributed by atoms with van der Waals surface area (Å²) in [7, 11) is 0. The van der Waals surface area contributed by atoms with Gasteiger partial charge >= 0.3 is 0 Å². The Morgan fingerprint density at radius 1 is 0.926 bits per heavy atom. The van der Waals surface area contributed by atoms with Crippen molar-refractivity contribution in [2.75, 3.05) is 5.32 Å². The maximum atomic E-state index is 12.3. The van der Waals surface area contributed by atoms with Gasteiger partial charge in [0.1, 0.15) is 5.01 Å². The first-order valence-electron chi connectivity index (χ1n) is 8.18. The summed E-state index contributed by atoms with van der Waals surface area (Å²) < 4.78 is 0. The van der Waals surface area contributed by atoms with Crippen LogP contribution in [-0.4, -0.2) is 15.9 Å². The smallest absolute Gasteiger partial charge is 0.232 e. The molecule has 1 N–H and O–H groups in total. The van der Waals surface area contributed by atoms with E-state index in [-0.39, 0.29) is 12.3 Å². The fraction of sp³-hybridized carbons (Fsp3) is 0.0500. The molecule has 0 fully saturated rings. The average Bonchev–Trinajstić information content (AvgIpc) is 3.33. The Kier molecular flexibility index (Phi) is 5.29. The van der Waals surface area contributed by atoms with Gasteiger partial charge in [0.15, 0.2) is 5.13 Å². The van der Waals surface area contributed by atoms with Crippen LogP contribution in [0.1, 0.15) is 5.69 Å². The molecule has 0 unspecified atom stereocenters. The van der Waals surface area contributed by atoms with E-state index in [1.165, 1.54) is 22.7 Å². The molecule has 4 aromatic rings. The fourth-order valence-electron chi connectivity index (χ4n) is 2.51. The van der Waals surface area contributed by atoms with Crippen LogP contribution in [0.5, 0.6) is 0 Å². The Balaban J connectivity index is 1.40. The van der Waals surface area contributed by atoms with Crippen LogP contribution in [0.3, 0.4) is 0 Å². The Morgan fingerprint density at radius 2 is 1.70 bits per heavy atom. The molecule has 0 bridgehead atoms. The maximum Gasteiger partial charge on any atom is 0.232 e. The van der Waals surface area contributed by atoms with Gasteiger partial charge in [-0.1, -0.05) is 54.1 Å². The summed E-state index contributed by atoms with van der Waals surface area (Å²) in [6, 6.07) is 17.4. The molecule has 4 rings (SSSR count). The summed E-state index contributed by atoms with van der Waals surface area (Å²) in [6.45, 7) is 0. The zero-order valence-electron chi connectivity index (χ0n) is 14.1. The summed E-state index contributed by atoms with van der Waals surface area (Å²) in [5, 5.41) is 8.85. The first-order chi connectivity index (χ1) is 13.2. The highest BCUT2D eigenvalue weighted by atomic mass is 35.5. The minimum absolute atomic E-state index is 0.128. The maximum absolute atomic E-state index is 12.3. The molecule has 0 spiro atoms. The Bertz CT molecular complexity index is 1060. The molecule has 0 aliphatic rings. The quantitative estimate of drug-likeness (QED) is 0.453. The molecule has 7 heteroatoms. The monoisotopic (exact) mass is 411 g/mol. The zero-order valence-corrected chi connectivity index (χ0v) is 16.4. The van der Waals surface area contributed by atoms with Gasteiger partial charge in [-0.25, -0.2) is 9.97 Å². The number of thiazole rings is 2. The molecule has 0 aliphatic carbocycles. The number of nitrogens with one attached hydrogen (secondary N) is 1. The number of anilines is 1. The standard InChI is InChI=1S/C20H14ClN3OS2/c21-15-8-6-13(7-9-15)17-12-27-20(23-17)24-18(25)10-16-11-26-19(22-16)14-4-2-1-3-5-14/h1-9,11-12H,10H2,(H,23,24,25). The number of nitrogens with zero attached hydrogens (tertiary/aromatic N) is 2. The molecular formula is C20H14ClN3OS2. The number of carbonyl (C=O) groups is 1. The summed E-state index contributed by atoms with van der Waals surface area (Å²) >= 11 is 8.85. The molecule has 2 heterocycles. The molecule has 2 aromatic heterocycles. The predicted molar refractivity (Wildman–Crippen MR) is 112 cm³/mol. The molecule has 2 aromatic carbocycles. The number of amides is 1. The van der Waals surface area contributed by atoms with Crippen molar-refractivity contribution in [3.05, 3.63) is 76.1 Å². The SMILES string of the molecule is O=C(Cc1csc(-c2ccccc2)n1)Nc1nc(-c2ccc(Cl)cc2)cs1. The first kappa shape index (κ1) is 17.9. The highest BCUT2D eigenvalue weighted by molar-refractivity contribution is 7.14. The lowest BCUT2D eigenvalue weighted by Crippen LogP contribution is -2.14. The molecular weight excluding hydrogens is 398 g/mol. The van der Waals surface area contributed by atoms with E-state index in [1.807, 2.05) is 65.4 Å². The van der Waals surface area contributed by atoms with Gasteiger partial charge in [-0.15, -0.1) is 22.7 Å². The van der Waals surface area contributed by atoms with Crippen molar-refractivity contribution < 1.29 is 4.79 Å². The second-order valence-electron chi connectivity index (χ2n) is 5.78. The second-order valence-corrected chi connectivity index (χ2v) is 7.93. The predicted octanol–water partition coefficient (Wildman–Crippen LogP) is 5.77. The van der Waals surface area contributed by atoms with Gasteiger partial charge in [0.05, 0.1) is 17.8 Å². The molecule has 1 amide bonds. The summed E-state index contributed by atoms with van der Waals surface area (Å²) in [4.78, 5) is 21.3. The van der Waals surface area contributed by atoms with Crippen molar-refractivity contribution in [2.45, 2.75) is 6.42 Å². The van der Waals surface area contributed by atoms with Crippen molar-refractivity contribution in [3.63, 3.8) is 0 Å². The number of aromatic nitrogens is 2. The summed E-state index contributed by atoms with van der Waals surface area (Å²) in [5.41, 5.74) is 3.59. The molecule has 27 heavy (non-hydrogen) atoms. The van der Waals surface area contributed by atoms with E-state index >= 15 is 0 Å². The number of hydrogen-bond acceptors (Lipinski definition) is 5. The van der Waals surface area contributed by atoms with E-state index in [0.29, 0.717) is 10.2 Å². The van der Waals surface area contributed by atoms with Gasteiger partial charge in [0.25, 0.3) is 0 Å². The minimum atomic E-state index is -0.128. The lowest BCUT2D eigenvalue weighted by atomic mass is 10.2. The Morgan fingerprint density at radius 3 is 2.48 bits per heavy atom. The van der Waals surface area contributed by atoms with E-state index < -0.39 is 0 Å². The van der Waals surface area contributed by atoms with Gasteiger partial charge < -0.3 is 5.32 Å². The number of benzene rings is 2.